The van der Waals surface area contributed by atoms with Crippen LogP contribution in [0.3, 0.4) is 0 Å². The molecule has 0 aromatic heterocycles. The van der Waals surface area contributed by atoms with E-state index >= 15 is 0 Å². The summed E-state index contributed by atoms with van der Waals surface area (Å²) in [4.78, 5) is 28.1. The Morgan fingerprint density at radius 2 is 1.72 bits per heavy atom. The van der Waals surface area contributed by atoms with Crippen molar-refractivity contribution in [1.29, 1.82) is 0 Å². The van der Waals surface area contributed by atoms with Crippen molar-refractivity contribution in [2.75, 3.05) is 13.6 Å². The number of amides is 2. The third-order valence-electron chi connectivity index (χ3n) is 4.56. The zero-order valence-corrected chi connectivity index (χ0v) is 14.2. The highest BCUT2D eigenvalue weighted by Crippen LogP contribution is 2.20. The zero-order valence-electron chi connectivity index (χ0n) is 14.2. The average molecular weight is 340 g/mol. The molecule has 4 nitrogen and oxygen atoms in total. The van der Waals surface area contributed by atoms with E-state index in [1.807, 2.05) is 42.3 Å². The number of nitrogens with zero attached hydrogens (tertiary/aromatic N) is 2. The number of hydrogen-bond acceptors (Lipinski definition) is 3. The fraction of sp³-hybridized carbons (Fsp3) is 0.300. The van der Waals surface area contributed by atoms with Crippen LogP contribution in [0.5, 0.6) is 0 Å². The second-order valence-corrected chi connectivity index (χ2v) is 6.38. The first kappa shape index (κ1) is 17.3. The van der Waals surface area contributed by atoms with Gasteiger partial charge in [-0.25, -0.2) is 4.39 Å². The maximum Gasteiger partial charge on any atom is 0.247 e. The molecule has 1 heterocycles. The highest BCUT2D eigenvalue weighted by Gasteiger charge is 2.40. The van der Waals surface area contributed by atoms with Gasteiger partial charge in [-0.3, -0.25) is 19.4 Å². The summed E-state index contributed by atoms with van der Waals surface area (Å²) in [5, 5.41) is 0. The van der Waals surface area contributed by atoms with Crippen molar-refractivity contribution in [3.05, 3.63) is 71.5 Å². The number of benzene rings is 2. The quantitative estimate of drug-likeness (QED) is 0.759. The molecule has 0 saturated carbocycles. The molecule has 0 aliphatic carbocycles. The number of halogens is 1. The summed E-state index contributed by atoms with van der Waals surface area (Å²) in [7, 11) is 1.82. The molecule has 0 radical (unpaired) electrons. The third-order valence-corrected chi connectivity index (χ3v) is 4.56. The molecule has 130 valence electrons. The van der Waals surface area contributed by atoms with Crippen LogP contribution in [-0.2, 0) is 22.6 Å². The van der Waals surface area contributed by atoms with E-state index in [4.69, 9.17) is 0 Å². The van der Waals surface area contributed by atoms with E-state index in [1.165, 1.54) is 17.0 Å². The summed E-state index contributed by atoms with van der Waals surface area (Å²) in [5.74, 6) is -0.562. The van der Waals surface area contributed by atoms with E-state index in [2.05, 4.69) is 0 Å². The fourth-order valence-electron chi connectivity index (χ4n) is 3.12. The van der Waals surface area contributed by atoms with Crippen LogP contribution >= 0.6 is 0 Å². The summed E-state index contributed by atoms with van der Waals surface area (Å²) in [6.45, 7) is 0.902. The van der Waals surface area contributed by atoms with Crippen LogP contribution in [0.15, 0.2) is 54.6 Å². The molecule has 1 saturated heterocycles. The van der Waals surface area contributed by atoms with E-state index in [1.54, 1.807) is 12.1 Å². The van der Waals surface area contributed by atoms with Gasteiger partial charge in [0.1, 0.15) is 5.82 Å². The standard InChI is InChI=1S/C20H21FN2O2/c1-22(14-16-7-9-17(21)10-8-16)18-13-19(24)23(20(18)25)12-11-15-5-3-2-4-6-15/h2-10,18H,11-14H2,1H3. The molecule has 0 bridgehead atoms. The van der Waals surface area contributed by atoms with Gasteiger partial charge in [-0.15, -0.1) is 0 Å². The highest BCUT2D eigenvalue weighted by atomic mass is 19.1. The molecule has 3 rings (SSSR count). The lowest BCUT2D eigenvalue weighted by Crippen LogP contribution is -2.40. The van der Waals surface area contributed by atoms with Gasteiger partial charge in [-0.05, 0) is 36.7 Å². The van der Waals surface area contributed by atoms with Crippen molar-refractivity contribution in [3.63, 3.8) is 0 Å². The molecule has 0 spiro atoms. The maximum absolute atomic E-state index is 13.0. The largest absolute Gasteiger partial charge is 0.290 e. The van der Waals surface area contributed by atoms with Crippen LogP contribution in [0, 0.1) is 5.82 Å². The van der Waals surface area contributed by atoms with Gasteiger partial charge in [0.15, 0.2) is 0 Å². The second kappa shape index (κ2) is 7.57. The first-order valence-corrected chi connectivity index (χ1v) is 8.37. The van der Waals surface area contributed by atoms with Crippen molar-refractivity contribution >= 4 is 11.8 Å². The van der Waals surface area contributed by atoms with E-state index in [-0.39, 0.29) is 24.1 Å². The number of carbonyl (C=O) groups is 2. The Kier molecular flexibility index (Phi) is 5.24. The van der Waals surface area contributed by atoms with E-state index in [0.29, 0.717) is 19.5 Å². The lowest BCUT2D eigenvalue weighted by Gasteiger charge is -2.23. The zero-order chi connectivity index (χ0) is 17.8. The first-order chi connectivity index (χ1) is 12.0. The highest BCUT2D eigenvalue weighted by molar-refractivity contribution is 6.05. The van der Waals surface area contributed by atoms with Crippen molar-refractivity contribution < 1.29 is 14.0 Å². The van der Waals surface area contributed by atoms with Crippen LogP contribution in [0.4, 0.5) is 4.39 Å². The molecule has 1 atom stereocenters. The second-order valence-electron chi connectivity index (χ2n) is 6.38. The van der Waals surface area contributed by atoms with E-state index in [9.17, 15) is 14.0 Å². The average Bonchev–Trinajstić information content (AvgIpc) is 2.90. The first-order valence-electron chi connectivity index (χ1n) is 8.37. The normalized spacial score (nSPS) is 17.6. The van der Waals surface area contributed by atoms with Crippen LogP contribution in [0.25, 0.3) is 0 Å². The molecule has 5 heteroatoms. The maximum atomic E-state index is 13.0. The number of likely N-dealkylation sites (N-methyl/N-ethyl adjacent to an activating group) is 1. The molecule has 0 N–H and O–H groups in total. The molecule has 2 aromatic carbocycles. The van der Waals surface area contributed by atoms with Gasteiger partial charge < -0.3 is 0 Å². The minimum absolute atomic E-state index is 0.128. The van der Waals surface area contributed by atoms with Crippen LogP contribution in [0.1, 0.15) is 17.5 Å². The predicted molar refractivity (Wildman–Crippen MR) is 93.1 cm³/mol. The van der Waals surface area contributed by atoms with Gasteiger partial charge in [0.2, 0.25) is 11.8 Å². The number of imide groups is 1. The van der Waals surface area contributed by atoms with Crippen molar-refractivity contribution in [1.82, 2.24) is 9.80 Å². The van der Waals surface area contributed by atoms with Crippen molar-refractivity contribution in [2.24, 2.45) is 0 Å². The summed E-state index contributed by atoms with van der Waals surface area (Å²) >= 11 is 0. The van der Waals surface area contributed by atoms with Crippen LogP contribution < -0.4 is 0 Å². The molecule has 1 aliphatic rings. The fourth-order valence-corrected chi connectivity index (χ4v) is 3.12. The minimum Gasteiger partial charge on any atom is -0.290 e. The van der Waals surface area contributed by atoms with Gasteiger partial charge >= 0.3 is 0 Å². The number of carbonyl (C=O) groups excluding carboxylic acids is 2. The Morgan fingerprint density at radius 1 is 1.04 bits per heavy atom. The number of likely N-dealkylation sites (tertiary alicyclic amines) is 1. The lowest BCUT2D eigenvalue weighted by molar-refractivity contribution is -0.139. The minimum atomic E-state index is -0.451. The molecule has 2 aromatic rings. The molecule has 25 heavy (non-hydrogen) atoms. The van der Waals surface area contributed by atoms with Gasteiger partial charge in [0.05, 0.1) is 12.5 Å². The van der Waals surface area contributed by atoms with Gasteiger partial charge in [-0.1, -0.05) is 42.5 Å². The lowest BCUT2D eigenvalue weighted by atomic mass is 10.1. The third kappa shape index (κ3) is 4.12. The Morgan fingerprint density at radius 3 is 2.40 bits per heavy atom. The van der Waals surface area contributed by atoms with Gasteiger partial charge in [0.25, 0.3) is 0 Å². The van der Waals surface area contributed by atoms with E-state index in [0.717, 1.165) is 11.1 Å². The number of hydrogen-bond donors (Lipinski definition) is 0. The van der Waals surface area contributed by atoms with Gasteiger partial charge in [-0.2, -0.15) is 0 Å². The molecular formula is C20H21FN2O2. The molecule has 1 unspecified atom stereocenters. The Balaban J connectivity index is 1.60. The van der Waals surface area contributed by atoms with E-state index < -0.39 is 6.04 Å². The van der Waals surface area contributed by atoms with Crippen LogP contribution in [-0.4, -0.2) is 41.2 Å². The SMILES string of the molecule is CN(Cc1ccc(F)cc1)C1CC(=O)N(CCc2ccccc2)C1=O. The van der Waals surface area contributed by atoms with Crippen molar-refractivity contribution in [2.45, 2.75) is 25.4 Å². The molecule has 1 fully saturated rings. The topological polar surface area (TPSA) is 40.6 Å². The Bertz CT molecular complexity index is 746. The molecule has 1 aliphatic heterocycles. The summed E-state index contributed by atoms with van der Waals surface area (Å²) in [6, 6.07) is 15.6. The predicted octanol–water partition coefficient (Wildman–Crippen LogP) is 2.63. The van der Waals surface area contributed by atoms with Gasteiger partial charge in [0, 0.05) is 13.1 Å². The summed E-state index contributed by atoms with van der Waals surface area (Å²) in [6.07, 6.45) is 0.859. The number of rotatable bonds is 6. The Labute approximate surface area is 146 Å². The molecular weight excluding hydrogens is 319 g/mol. The smallest absolute Gasteiger partial charge is 0.247 e. The van der Waals surface area contributed by atoms with Crippen LogP contribution in [0.2, 0.25) is 0 Å². The Hall–Kier alpha value is -2.53. The summed E-state index contributed by atoms with van der Waals surface area (Å²) < 4.78 is 13.0. The monoisotopic (exact) mass is 340 g/mol. The van der Waals surface area contributed by atoms with Crippen molar-refractivity contribution in [3.8, 4) is 0 Å². The summed E-state index contributed by atoms with van der Waals surface area (Å²) in [5.41, 5.74) is 2.01. The molecule has 2 amide bonds.